The van der Waals surface area contributed by atoms with Gasteiger partial charge in [-0.05, 0) is 62.3 Å². The summed E-state index contributed by atoms with van der Waals surface area (Å²) in [6, 6.07) is 12.7. The number of hydrogen-bond donors (Lipinski definition) is 2. The molecule has 1 spiro atoms. The summed E-state index contributed by atoms with van der Waals surface area (Å²) >= 11 is 0. The number of aliphatic hydroxyl groups is 1. The fraction of sp³-hybridized carbons (Fsp3) is 0.452. The molecular weight excluding hydrogens is 540 g/mol. The summed E-state index contributed by atoms with van der Waals surface area (Å²) in [6.45, 7) is 5.78. The van der Waals surface area contributed by atoms with Gasteiger partial charge in [0.2, 0.25) is 5.88 Å². The van der Waals surface area contributed by atoms with E-state index in [0.717, 1.165) is 49.9 Å². The zero-order chi connectivity index (χ0) is 29.2. The van der Waals surface area contributed by atoms with Gasteiger partial charge in [-0.2, -0.15) is 0 Å². The van der Waals surface area contributed by atoms with Crippen molar-refractivity contribution in [3.05, 3.63) is 64.8 Å². The molecule has 3 aromatic rings. The number of anilines is 1. The molecule has 2 aromatic carbocycles. The fourth-order valence-corrected chi connectivity index (χ4v) is 7.12. The third kappa shape index (κ3) is 5.67. The number of aliphatic hydroxyl groups excluding tert-OH is 1. The molecule has 41 heavy (non-hydrogen) atoms. The number of aromatic nitrogens is 1. The van der Waals surface area contributed by atoms with Crippen LogP contribution in [0.4, 0.5) is 5.88 Å². The van der Waals surface area contributed by atoms with Crippen molar-refractivity contribution in [3.63, 3.8) is 0 Å². The quantitative estimate of drug-likeness (QED) is 0.308. The summed E-state index contributed by atoms with van der Waals surface area (Å²) in [5.74, 6) is 0.884. The van der Waals surface area contributed by atoms with E-state index < -0.39 is 15.6 Å². The molecule has 1 amide bonds. The van der Waals surface area contributed by atoms with Crippen LogP contribution in [-0.4, -0.2) is 47.5 Å². The fourth-order valence-electron chi connectivity index (χ4n) is 5.80. The lowest BCUT2D eigenvalue weighted by atomic mass is 9.96. The van der Waals surface area contributed by atoms with Crippen LogP contribution in [0.3, 0.4) is 0 Å². The molecule has 5 rings (SSSR count). The molecule has 2 aliphatic rings. The average molecular weight is 579 g/mol. The van der Waals surface area contributed by atoms with E-state index in [4.69, 9.17) is 9.52 Å². The van der Waals surface area contributed by atoms with Gasteiger partial charge in [0.25, 0.3) is 15.9 Å². The van der Waals surface area contributed by atoms with Crippen LogP contribution in [0.2, 0.25) is 0 Å². The third-order valence-electron chi connectivity index (χ3n) is 8.23. The lowest BCUT2D eigenvalue weighted by Crippen LogP contribution is -2.40. The number of amides is 1. The van der Waals surface area contributed by atoms with Crippen molar-refractivity contribution in [1.29, 1.82) is 0 Å². The van der Waals surface area contributed by atoms with E-state index in [1.165, 1.54) is 0 Å². The number of rotatable bonds is 11. The van der Waals surface area contributed by atoms with E-state index in [0.29, 0.717) is 40.8 Å². The summed E-state index contributed by atoms with van der Waals surface area (Å²) in [5.41, 5.74) is 3.27. The van der Waals surface area contributed by atoms with Crippen molar-refractivity contribution >= 4 is 27.7 Å². The Bertz CT molecular complexity index is 1570. The number of hydrogen-bond acceptors (Lipinski definition) is 7. The number of aliphatic imine (C=N–C) groups is 1. The smallest absolute Gasteiger partial charge is 0.264 e. The first-order valence-corrected chi connectivity index (χ1v) is 15.9. The van der Waals surface area contributed by atoms with Crippen LogP contribution in [0.1, 0.15) is 74.3 Å². The Balaban J connectivity index is 1.57. The SMILES string of the molecule is CCCCC1=NC2(CCCC2)C(=O)N1Cc1ccc(-c2ccccc2CCO)c(S(=O)(=O)Nc2onc(C)c2C)c1. The van der Waals surface area contributed by atoms with Gasteiger partial charge in [0.1, 0.15) is 11.4 Å². The third-order valence-corrected chi connectivity index (χ3v) is 9.60. The van der Waals surface area contributed by atoms with Crippen LogP contribution in [0.5, 0.6) is 0 Å². The summed E-state index contributed by atoms with van der Waals surface area (Å²) in [4.78, 5) is 20.5. The Kier molecular flexibility index (Phi) is 8.33. The van der Waals surface area contributed by atoms with Crippen LogP contribution in [-0.2, 0) is 27.8 Å². The molecule has 0 saturated heterocycles. The topological polar surface area (TPSA) is 125 Å². The Labute approximate surface area is 241 Å². The normalized spacial score (nSPS) is 16.5. The zero-order valence-corrected chi connectivity index (χ0v) is 24.8. The highest BCUT2D eigenvalue weighted by atomic mass is 32.2. The lowest BCUT2D eigenvalue weighted by Gasteiger charge is -2.23. The van der Waals surface area contributed by atoms with E-state index in [1.807, 2.05) is 30.3 Å². The van der Waals surface area contributed by atoms with Gasteiger partial charge in [-0.1, -0.05) is 67.7 Å². The minimum atomic E-state index is -4.13. The molecule has 1 aliphatic carbocycles. The minimum absolute atomic E-state index is 0.0220. The maximum Gasteiger partial charge on any atom is 0.264 e. The number of amidine groups is 1. The molecule has 0 unspecified atom stereocenters. The van der Waals surface area contributed by atoms with Crippen LogP contribution < -0.4 is 4.72 Å². The van der Waals surface area contributed by atoms with Crippen molar-refractivity contribution in [2.75, 3.05) is 11.3 Å². The van der Waals surface area contributed by atoms with Gasteiger partial charge in [0.15, 0.2) is 0 Å². The molecule has 1 fully saturated rings. The maximum absolute atomic E-state index is 13.9. The van der Waals surface area contributed by atoms with Gasteiger partial charge in [-0.3, -0.25) is 14.7 Å². The highest BCUT2D eigenvalue weighted by molar-refractivity contribution is 7.92. The molecule has 10 heteroatoms. The number of sulfonamides is 1. The molecule has 2 N–H and O–H groups in total. The molecular formula is C31H38N4O5S. The number of nitrogens with one attached hydrogen (secondary N) is 1. The van der Waals surface area contributed by atoms with Gasteiger partial charge < -0.3 is 9.63 Å². The molecule has 1 aliphatic heterocycles. The van der Waals surface area contributed by atoms with E-state index in [-0.39, 0.29) is 29.8 Å². The molecule has 1 aromatic heterocycles. The Morgan fingerprint density at radius 2 is 1.83 bits per heavy atom. The molecule has 9 nitrogen and oxygen atoms in total. The number of benzene rings is 2. The monoisotopic (exact) mass is 578 g/mol. The molecule has 0 radical (unpaired) electrons. The highest BCUT2D eigenvalue weighted by Gasteiger charge is 2.49. The van der Waals surface area contributed by atoms with Crippen molar-refractivity contribution in [2.24, 2.45) is 4.99 Å². The summed E-state index contributed by atoms with van der Waals surface area (Å²) < 4.78 is 35.7. The Morgan fingerprint density at radius 1 is 1.07 bits per heavy atom. The minimum Gasteiger partial charge on any atom is -0.396 e. The van der Waals surface area contributed by atoms with Crippen LogP contribution in [0, 0.1) is 13.8 Å². The van der Waals surface area contributed by atoms with Gasteiger partial charge in [0, 0.05) is 24.2 Å². The number of carbonyl (C=O) groups excluding carboxylic acids is 1. The number of nitrogens with zero attached hydrogens (tertiary/aromatic N) is 3. The highest BCUT2D eigenvalue weighted by Crippen LogP contribution is 2.40. The molecule has 0 bridgehead atoms. The van der Waals surface area contributed by atoms with Crippen molar-refractivity contribution < 1.29 is 22.8 Å². The number of aryl methyl sites for hydroxylation is 1. The average Bonchev–Trinajstić information content (AvgIpc) is 3.63. The Morgan fingerprint density at radius 3 is 2.51 bits per heavy atom. The molecule has 218 valence electrons. The number of unbranched alkanes of at least 4 members (excludes halogenated alkanes) is 1. The second-order valence-corrected chi connectivity index (χ2v) is 12.7. The molecule has 2 heterocycles. The van der Waals surface area contributed by atoms with E-state index in [2.05, 4.69) is 16.8 Å². The first-order chi connectivity index (χ1) is 19.7. The van der Waals surface area contributed by atoms with Gasteiger partial charge in [-0.15, -0.1) is 0 Å². The van der Waals surface area contributed by atoms with Crippen molar-refractivity contribution in [1.82, 2.24) is 10.1 Å². The van der Waals surface area contributed by atoms with Crippen LogP contribution in [0.15, 0.2) is 56.9 Å². The van der Waals surface area contributed by atoms with Crippen LogP contribution >= 0.6 is 0 Å². The second-order valence-electron chi connectivity index (χ2n) is 11.1. The predicted octanol–water partition coefficient (Wildman–Crippen LogP) is 5.54. The standard InChI is InChI=1S/C31H38N4O5S/c1-4-5-12-28-32-31(16-8-9-17-31)30(37)35(28)20-23-13-14-26(25-11-7-6-10-24(25)15-18-36)27(19-23)41(38,39)34-29-21(2)22(3)33-40-29/h6-7,10-11,13-14,19,34,36H,4-5,8-9,12,15-18,20H2,1-3H3. The first-order valence-electron chi connectivity index (χ1n) is 14.4. The lowest BCUT2D eigenvalue weighted by molar-refractivity contribution is -0.131. The van der Waals surface area contributed by atoms with Crippen molar-refractivity contribution in [2.45, 2.75) is 89.1 Å². The summed E-state index contributed by atoms with van der Waals surface area (Å²) in [5, 5.41) is 13.5. The number of carbonyl (C=O) groups is 1. The predicted molar refractivity (Wildman–Crippen MR) is 158 cm³/mol. The van der Waals surface area contributed by atoms with Gasteiger partial charge in [-0.25, -0.2) is 13.1 Å². The van der Waals surface area contributed by atoms with E-state index in [9.17, 15) is 18.3 Å². The molecule has 1 saturated carbocycles. The van der Waals surface area contributed by atoms with Crippen molar-refractivity contribution in [3.8, 4) is 11.1 Å². The van der Waals surface area contributed by atoms with E-state index >= 15 is 0 Å². The first kappa shape index (κ1) is 29.0. The Hall–Kier alpha value is -3.50. The zero-order valence-electron chi connectivity index (χ0n) is 23.9. The van der Waals surface area contributed by atoms with Crippen LogP contribution in [0.25, 0.3) is 11.1 Å². The largest absolute Gasteiger partial charge is 0.396 e. The molecule has 0 atom stereocenters. The second kappa shape index (κ2) is 11.8. The van der Waals surface area contributed by atoms with Gasteiger partial charge in [0.05, 0.1) is 17.1 Å². The van der Waals surface area contributed by atoms with E-state index in [1.54, 1.807) is 30.9 Å². The summed E-state index contributed by atoms with van der Waals surface area (Å²) in [7, 11) is -4.13. The maximum atomic E-state index is 13.9. The summed E-state index contributed by atoms with van der Waals surface area (Å²) in [6.07, 6.45) is 6.51. The van der Waals surface area contributed by atoms with Gasteiger partial charge >= 0.3 is 0 Å².